The predicted molar refractivity (Wildman–Crippen MR) is 136 cm³/mol. The van der Waals surface area contributed by atoms with Gasteiger partial charge < -0.3 is 15.2 Å². The van der Waals surface area contributed by atoms with Crippen molar-refractivity contribution >= 4 is 10.8 Å². The highest BCUT2D eigenvalue weighted by Gasteiger charge is 2.13. The van der Waals surface area contributed by atoms with Crippen LogP contribution in [-0.2, 0) is 6.42 Å². The Kier molecular flexibility index (Phi) is 6.77. The summed E-state index contributed by atoms with van der Waals surface area (Å²) in [5.41, 5.74) is 4.37. The lowest BCUT2D eigenvalue weighted by Gasteiger charge is -2.23. The van der Waals surface area contributed by atoms with Crippen molar-refractivity contribution in [3.05, 3.63) is 95.8 Å². The molecule has 0 amide bonds. The summed E-state index contributed by atoms with van der Waals surface area (Å²) in [4.78, 5) is 0. The van der Waals surface area contributed by atoms with Gasteiger partial charge in [0.15, 0.2) is 0 Å². The topological polar surface area (TPSA) is 41.5 Å². The van der Waals surface area contributed by atoms with Gasteiger partial charge in [-0.1, -0.05) is 48.9 Å². The summed E-state index contributed by atoms with van der Waals surface area (Å²) in [5, 5.41) is 15.6. The highest BCUT2D eigenvalue weighted by molar-refractivity contribution is 5.93. The molecule has 34 heavy (non-hydrogen) atoms. The minimum Gasteiger partial charge on any atom is -0.508 e. The minimum absolute atomic E-state index is 0.245. The average molecular weight is 456 g/mol. The molecule has 1 aliphatic heterocycles. The van der Waals surface area contributed by atoms with Crippen molar-refractivity contribution in [3.63, 3.8) is 0 Å². The van der Waals surface area contributed by atoms with E-state index in [4.69, 9.17) is 4.74 Å². The van der Waals surface area contributed by atoms with E-state index in [0.717, 1.165) is 59.2 Å². The lowest BCUT2D eigenvalue weighted by atomic mass is 9.90. The lowest BCUT2D eigenvalue weighted by molar-refractivity contribution is 0.268. The Balaban J connectivity index is 1.36. The maximum atomic E-state index is 13.5. The fourth-order valence-corrected chi connectivity index (χ4v) is 4.87. The third-order valence-corrected chi connectivity index (χ3v) is 6.72. The number of phenolic OH excluding ortho intramolecular Hbond substituents is 1. The Morgan fingerprint density at radius 1 is 0.912 bits per heavy atom. The fraction of sp³-hybridized carbons (Fsp3) is 0.267. The van der Waals surface area contributed by atoms with E-state index in [1.807, 2.05) is 36.4 Å². The van der Waals surface area contributed by atoms with E-state index in [9.17, 15) is 9.50 Å². The third kappa shape index (κ3) is 5.23. The molecule has 174 valence electrons. The Hall–Kier alpha value is -3.37. The van der Waals surface area contributed by atoms with Gasteiger partial charge >= 0.3 is 0 Å². The van der Waals surface area contributed by atoms with E-state index in [1.165, 1.54) is 37.0 Å². The molecule has 0 radical (unpaired) electrons. The van der Waals surface area contributed by atoms with Crippen LogP contribution in [0.2, 0.25) is 0 Å². The van der Waals surface area contributed by atoms with Gasteiger partial charge in [0.25, 0.3) is 0 Å². The number of hydrogen-bond acceptors (Lipinski definition) is 3. The third-order valence-electron chi connectivity index (χ3n) is 6.72. The van der Waals surface area contributed by atoms with E-state index in [2.05, 4.69) is 23.5 Å². The van der Waals surface area contributed by atoms with Crippen molar-refractivity contribution in [1.82, 2.24) is 5.32 Å². The van der Waals surface area contributed by atoms with E-state index >= 15 is 0 Å². The summed E-state index contributed by atoms with van der Waals surface area (Å²) < 4.78 is 19.5. The lowest BCUT2D eigenvalue weighted by Crippen LogP contribution is -2.35. The molecule has 4 heteroatoms. The molecule has 4 aromatic rings. The molecule has 0 saturated carbocycles. The van der Waals surface area contributed by atoms with Gasteiger partial charge in [0.2, 0.25) is 0 Å². The molecule has 4 aromatic carbocycles. The number of aromatic hydroxyl groups is 1. The number of fused-ring (bicyclic) bond motifs is 1. The van der Waals surface area contributed by atoms with Crippen LogP contribution in [0.1, 0.15) is 36.8 Å². The smallest absolute Gasteiger partial charge is 0.123 e. The van der Waals surface area contributed by atoms with Crippen molar-refractivity contribution in [1.29, 1.82) is 0 Å². The summed E-state index contributed by atoms with van der Waals surface area (Å²) in [6, 6.07) is 25.0. The number of halogens is 1. The standard InChI is InChI=1S/C30H30FNO2/c31-24-9-6-22(7-10-24)28-14-8-23-20-26(33)11-15-29(23)30(28)19-21-4-12-27(13-5-21)34-18-16-25-3-1-2-17-32-25/h4-15,20,25,32-33H,1-3,16-19H2. The van der Waals surface area contributed by atoms with Crippen LogP contribution in [0.5, 0.6) is 11.5 Å². The van der Waals surface area contributed by atoms with Crippen LogP contribution in [0.15, 0.2) is 78.9 Å². The molecule has 1 aliphatic rings. The zero-order valence-electron chi connectivity index (χ0n) is 19.3. The highest BCUT2D eigenvalue weighted by atomic mass is 19.1. The van der Waals surface area contributed by atoms with Gasteiger partial charge in [-0.3, -0.25) is 0 Å². The van der Waals surface area contributed by atoms with E-state index in [-0.39, 0.29) is 11.6 Å². The highest BCUT2D eigenvalue weighted by Crippen LogP contribution is 2.34. The van der Waals surface area contributed by atoms with Gasteiger partial charge in [-0.05, 0) is 102 Å². The molecule has 1 unspecified atom stereocenters. The summed E-state index contributed by atoms with van der Waals surface area (Å²) in [6.45, 7) is 1.84. The second kappa shape index (κ2) is 10.3. The molecule has 1 fully saturated rings. The quantitative estimate of drug-likeness (QED) is 0.320. The van der Waals surface area contributed by atoms with Crippen LogP contribution in [0.3, 0.4) is 0 Å². The molecule has 0 aromatic heterocycles. The van der Waals surface area contributed by atoms with Crippen molar-refractivity contribution in [3.8, 4) is 22.6 Å². The number of hydrogen-bond donors (Lipinski definition) is 2. The summed E-state index contributed by atoms with van der Waals surface area (Å²) >= 11 is 0. The fourth-order valence-electron chi connectivity index (χ4n) is 4.87. The van der Waals surface area contributed by atoms with Crippen LogP contribution < -0.4 is 10.1 Å². The van der Waals surface area contributed by atoms with Crippen molar-refractivity contribution < 1.29 is 14.2 Å². The van der Waals surface area contributed by atoms with Crippen LogP contribution in [0.4, 0.5) is 4.39 Å². The second-order valence-electron chi connectivity index (χ2n) is 9.11. The van der Waals surface area contributed by atoms with Gasteiger partial charge in [-0.2, -0.15) is 0 Å². The zero-order chi connectivity index (χ0) is 23.3. The normalized spacial score (nSPS) is 16.0. The molecular weight excluding hydrogens is 425 g/mol. The first-order chi connectivity index (χ1) is 16.7. The van der Waals surface area contributed by atoms with Crippen molar-refractivity contribution in [2.75, 3.05) is 13.2 Å². The maximum absolute atomic E-state index is 13.5. The maximum Gasteiger partial charge on any atom is 0.123 e. The first kappa shape index (κ1) is 22.4. The molecule has 1 heterocycles. The molecule has 1 atom stereocenters. The number of ether oxygens (including phenoxy) is 1. The van der Waals surface area contributed by atoms with E-state index < -0.39 is 0 Å². The Morgan fingerprint density at radius 2 is 1.74 bits per heavy atom. The summed E-state index contributed by atoms with van der Waals surface area (Å²) in [5.74, 6) is 0.893. The molecule has 3 nitrogen and oxygen atoms in total. The predicted octanol–water partition coefficient (Wildman–Crippen LogP) is 6.85. The summed E-state index contributed by atoms with van der Waals surface area (Å²) in [6.07, 6.45) is 5.58. The minimum atomic E-state index is -0.245. The van der Waals surface area contributed by atoms with E-state index in [1.54, 1.807) is 12.1 Å². The largest absolute Gasteiger partial charge is 0.508 e. The van der Waals surface area contributed by atoms with Crippen LogP contribution in [0, 0.1) is 5.82 Å². The Bertz CT molecular complexity index is 1250. The molecule has 1 saturated heterocycles. The molecular formula is C30H30FNO2. The number of phenols is 1. The average Bonchev–Trinajstić information content (AvgIpc) is 2.86. The van der Waals surface area contributed by atoms with Gasteiger partial charge in [0.05, 0.1) is 6.61 Å². The Labute approximate surface area is 200 Å². The van der Waals surface area contributed by atoms with Crippen molar-refractivity contribution in [2.24, 2.45) is 0 Å². The van der Waals surface area contributed by atoms with Crippen LogP contribution >= 0.6 is 0 Å². The van der Waals surface area contributed by atoms with Gasteiger partial charge in [-0.15, -0.1) is 0 Å². The SMILES string of the molecule is Oc1ccc2c(Cc3ccc(OCCC4CCCCN4)cc3)c(-c3ccc(F)cc3)ccc2c1. The number of nitrogens with one attached hydrogen (secondary N) is 1. The van der Waals surface area contributed by atoms with Gasteiger partial charge in [-0.25, -0.2) is 4.39 Å². The number of piperidine rings is 1. The molecule has 0 spiro atoms. The molecule has 5 rings (SSSR count). The number of rotatable bonds is 7. The van der Waals surface area contributed by atoms with E-state index in [0.29, 0.717) is 6.04 Å². The summed E-state index contributed by atoms with van der Waals surface area (Å²) in [7, 11) is 0. The Morgan fingerprint density at radius 3 is 2.50 bits per heavy atom. The molecule has 2 N–H and O–H groups in total. The zero-order valence-corrected chi connectivity index (χ0v) is 19.3. The first-order valence-corrected chi connectivity index (χ1v) is 12.1. The monoisotopic (exact) mass is 455 g/mol. The molecule has 0 bridgehead atoms. The number of benzene rings is 4. The second-order valence-corrected chi connectivity index (χ2v) is 9.11. The van der Waals surface area contributed by atoms with Gasteiger partial charge in [0, 0.05) is 6.04 Å². The first-order valence-electron chi connectivity index (χ1n) is 12.1. The van der Waals surface area contributed by atoms with Crippen LogP contribution in [-0.4, -0.2) is 24.3 Å². The van der Waals surface area contributed by atoms with Crippen LogP contribution in [0.25, 0.3) is 21.9 Å². The molecule has 0 aliphatic carbocycles. The van der Waals surface area contributed by atoms with Crippen molar-refractivity contribution in [2.45, 2.75) is 38.1 Å². The van der Waals surface area contributed by atoms with Gasteiger partial charge in [0.1, 0.15) is 17.3 Å².